The van der Waals surface area contributed by atoms with Crippen molar-refractivity contribution in [2.75, 3.05) is 0 Å². The Kier molecular flexibility index (Phi) is 1.65. The monoisotopic (exact) mass is 127 g/mol. The summed E-state index contributed by atoms with van der Waals surface area (Å²) < 4.78 is 0. The van der Waals surface area contributed by atoms with Gasteiger partial charge in [0.2, 0.25) is 0 Å². The molecule has 1 aromatic heterocycles. The predicted octanol–water partition coefficient (Wildman–Crippen LogP) is 1.52. The summed E-state index contributed by atoms with van der Waals surface area (Å²) in [7, 11) is 0. The van der Waals surface area contributed by atoms with Crippen molar-refractivity contribution >= 4 is 11.3 Å². The van der Waals surface area contributed by atoms with Gasteiger partial charge in [0.15, 0.2) is 0 Å². The number of thiophene rings is 1. The molecule has 0 aromatic carbocycles. The van der Waals surface area contributed by atoms with E-state index in [4.69, 9.17) is 5.73 Å². The first-order chi connectivity index (χ1) is 3.84. The van der Waals surface area contributed by atoms with Crippen LogP contribution in [0.4, 0.5) is 0 Å². The van der Waals surface area contributed by atoms with Crippen molar-refractivity contribution in [2.45, 2.75) is 13.5 Å². The molecule has 44 valence electrons. The summed E-state index contributed by atoms with van der Waals surface area (Å²) in [5.74, 6) is 0. The molecule has 0 aliphatic rings. The second kappa shape index (κ2) is 2.29. The Morgan fingerprint density at radius 2 is 2.38 bits per heavy atom. The van der Waals surface area contributed by atoms with Crippen molar-refractivity contribution in [3.05, 3.63) is 21.9 Å². The van der Waals surface area contributed by atoms with Gasteiger partial charge in [-0.05, 0) is 28.8 Å². The molecule has 1 aromatic rings. The maximum atomic E-state index is 5.40. The predicted molar refractivity (Wildman–Crippen MR) is 36.9 cm³/mol. The topological polar surface area (TPSA) is 26.0 Å². The van der Waals surface area contributed by atoms with E-state index in [1.54, 1.807) is 11.3 Å². The summed E-state index contributed by atoms with van der Waals surface area (Å²) in [6.07, 6.45) is 0. The normalized spacial score (nSPS) is 9.75. The fourth-order valence-corrected chi connectivity index (χ4v) is 1.47. The van der Waals surface area contributed by atoms with E-state index in [9.17, 15) is 0 Å². The van der Waals surface area contributed by atoms with Crippen LogP contribution in [0.15, 0.2) is 10.8 Å². The Labute approximate surface area is 53.1 Å². The SMILES string of the molecule is Cc1cscc1CN. The van der Waals surface area contributed by atoms with Gasteiger partial charge in [0.05, 0.1) is 0 Å². The molecule has 2 heteroatoms. The Bertz CT molecular complexity index is 169. The Morgan fingerprint density at radius 3 is 2.62 bits per heavy atom. The molecule has 1 heterocycles. The van der Waals surface area contributed by atoms with Crippen molar-refractivity contribution in [3.63, 3.8) is 0 Å². The Morgan fingerprint density at radius 1 is 1.62 bits per heavy atom. The Balaban J connectivity index is 2.92. The minimum atomic E-state index is 0.676. The molecule has 0 amide bonds. The van der Waals surface area contributed by atoms with Gasteiger partial charge in [-0.25, -0.2) is 0 Å². The number of rotatable bonds is 1. The smallest absolute Gasteiger partial charge is 0.0189 e. The van der Waals surface area contributed by atoms with Crippen LogP contribution in [0.5, 0.6) is 0 Å². The molecule has 0 saturated heterocycles. The van der Waals surface area contributed by atoms with Gasteiger partial charge in [0.25, 0.3) is 0 Å². The van der Waals surface area contributed by atoms with E-state index in [2.05, 4.69) is 17.7 Å². The maximum Gasteiger partial charge on any atom is 0.0189 e. The van der Waals surface area contributed by atoms with Crippen LogP contribution in [0.1, 0.15) is 11.1 Å². The van der Waals surface area contributed by atoms with E-state index in [0.717, 1.165) is 0 Å². The number of nitrogens with two attached hydrogens (primary N) is 1. The highest BCUT2D eigenvalue weighted by Gasteiger charge is 1.92. The van der Waals surface area contributed by atoms with E-state index in [1.165, 1.54) is 11.1 Å². The number of aryl methyl sites for hydroxylation is 1. The van der Waals surface area contributed by atoms with Crippen LogP contribution in [0.3, 0.4) is 0 Å². The molecule has 0 saturated carbocycles. The van der Waals surface area contributed by atoms with Crippen molar-refractivity contribution in [3.8, 4) is 0 Å². The zero-order valence-electron chi connectivity index (χ0n) is 4.85. The first kappa shape index (κ1) is 5.79. The summed E-state index contributed by atoms with van der Waals surface area (Å²) >= 11 is 1.71. The molecule has 0 bridgehead atoms. The molecular weight excluding hydrogens is 118 g/mol. The molecule has 0 fully saturated rings. The molecule has 1 nitrogen and oxygen atoms in total. The van der Waals surface area contributed by atoms with Crippen LogP contribution >= 0.6 is 11.3 Å². The number of hydrogen-bond donors (Lipinski definition) is 1. The third kappa shape index (κ3) is 0.904. The van der Waals surface area contributed by atoms with Gasteiger partial charge in [-0.1, -0.05) is 0 Å². The van der Waals surface area contributed by atoms with E-state index in [-0.39, 0.29) is 0 Å². The van der Waals surface area contributed by atoms with Gasteiger partial charge in [-0.3, -0.25) is 0 Å². The van der Waals surface area contributed by atoms with Crippen molar-refractivity contribution in [1.29, 1.82) is 0 Å². The lowest BCUT2D eigenvalue weighted by molar-refractivity contribution is 1.06. The summed E-state index contributed by atoms with van der Waals surface area (Å²) in [6.45, 7) is 2.76. The van der Waals surface area contributed by atoms with Crippen molar-refractivity contribution < 1.29 is 0 Å². The van der Waals surface area contributed by atoms with Crippen LogP contribution in [0.25, 0.3) is 0 Å². The summed E-state index contributed by atoms with van der Waals surface area (Å²) in [5, 5.41) is 4.21. The first-order valence-corrected chi connectivity index (χ1v) is 3.50. The summed E-state index contributed by atoms with van der Waals surface area (Å²) in [4.78, 5) is 0. The quantitative estimate of drug-likeness (QED) is 0.608. The average Bonchev–Trinajstić information content (AvgIpc) is 2.14. The van der Waals surface area contributed by atoms with Gasteiger partial charge >= 0.3 is 0 Å². The second-order valence-electron chi connectivity index (χ2n) is 1.78. The van der Waals surface area contributed by atoms with Crippen LogP contribution in [0.2, 0.25) is 0 Å². The average molecular weight is 127 g/mol. The molecule has 0 spiro atoms. The van der Waals surface area contributed by atoms with Gasteiger partial charge in [0, 0.05) is 6.54 Å². The van der Waals surface area contributed by atoms with Gasteiger partial charge in [-0.2, -0.15) is 11.3 Å². The third-order valence-electron chi connectivity index (χ3n) is 1.18. The molecule has 0 aliphatic carbocycles. The first-order valence-electron chi connectivity index (χ1n) is 2.56. The second-order valence-corrected chi connectivity index (χ2v) is 2.53. The highest BCUT2D eigenvalue weighted by molar-refractivity contribution is 7.08. The van der Waals surface area contributed by atoms with Crippen molar-refractivity contribution in [1.82, 2.24) is 0 Å². The highest BCUT2D eigenvalue weighted by Crippen LogP contribution is 2.11. The molecule has 0 unspecified atom stereocenters. The van der Waals surface area contributed by atoms with Gasteiger partial charge in [0.1, 0.15) is 0 Å². The molecule has 8 heavy (non-hydrogen) atoms. The lowest BCUT2D eigenvalue weighted by Gasteiger charge is -1.88. The minimum absolute atomic E-state index is 0.676. The van der Waals surface area contributed by atoms with Crippen LogP contribution in [-0.2, 0) is 6.54 Å². The standard InChI is InChI=1S/C6H9NS/c1-5-3-8-4-6(5)2-7/h3-4H,2,7H2,1H3. The lowest BCUT2D eigenvalue weighted by Crippen LogP contribution is -1.94. The largest absolute Gasteiger partial charge is 0.326 e. The fourth-order valence-electron chi connectivity index (χ4n) is 0.596. The Hall–Kier alpha value is -0.340. The molecule has 1 rings (SSSR count). The van der Waals surface area contributed by atoms with Gasteiger partial charge < -0.3 is 5.73 Å². The zero-order chi connectivity index (χ0) is 5.98. The zero-order valence-corrected chi connectivity index (χ0v) is 5.66. The molecule has 0 aliphatic heterocycles. The van der Waals surface area contributed by atoms with Gasteiger partial charge in [-0.15, -0.1) is 0 Å². The molecule has 2 N–H and O–H groups in total. The van der Waals surface area contributed by atoms with Crippen LogP contribution < -0.4 is 5.73 Å². The van der Waals surface area contributed by atoms with Crippen molar-refractivity contribution in [2.24, 2.45) is 5.73 Å². The fraction of sp³-hybridized carbons (Fsp3) is 0.333. The number of hydrogen-bond acceptors (Lipinski definition) is 2. The van der Waals surface area contributed by atoms with E-state index in [1.807, 2.05) is 0 Å². The summed E-state index contributed by atoms with van der Waals surface area (Å²) in [6, 6.07) is 0. The van der Waals surface area contributed by atoms with E-state index >= 15 is 0 Å². The lowest BCUT2D eigenvalue weighted by atomic mass is 10.2. The van der Waals surface area contributed by atoms with E-state index < -0.39 is 0 Å². The van der Waals surface area contributed by atoms with E-state index in [0.29, 0.717) is 6.54 Å². The van der Waals surface area contributed by atoms with Crippen LogP contribution in [0, 0.1) is 6.92 Å². The molecular formula is C6H9NS. The maximum absolute atomic E-state index is 5.40. The highest BCUT2D eigenvalue weighted by atomic mass is 32.1. The molecule has 0 radical (unpaired) electrons. The molecule has 0 atom stereocenters. The minimum Gasteiger partial charge on any atom is -0.326 e. The summed E-state index contributed by atoms with van der Waals surface area (Å²) in [5.41, 5.74) is 7.99. The third-order valence-corrected chi connectivity index (χ3v) is 2.09. The van der Waals surface area contributed by atoms with Crippen LogP contribution in [-0.4, -0.2) is 0 Å².